The molecule has 1 aliphatic rings. The lowest BCUT2D eigenvalue weighted by Crippen LogP contribution is -2.28. The molecule has 0 saturated carbocycles. The smallest absolute Gasteiger partial charge is 0.159 e. The number of aromatic nitrogens is 4. The second kappa shape index (κ2) is 8.96. The summed E-state index contributed by atoms with van der Waals surface area (Å²) < 4.78 is 0. The van der Waals surface area contributed by atoms with Crippen molar-refractivity contribution in [2.45, 2.75) is 26.7 Å². The predicted octanol–water partition coefficient (Wildman–Crippen LogP) is 4.85. The lowest BCUT2D eigenvalue weighted by atomic mass is 9.91. The number of nitrogens with one attached hydrogen (secondary N) is 3. The lowest BCUT2D eigenvalue weighted by molar-refractivity contribution is 0.420. The van der Waals surface area contributed by atoms with E-state index < -0.39 is 0 Å². The van der Waals surface area contributed by atoms with Crippen LogP contribution in [-0.4, -0.2) is 33.3 Å². The highest BCUT2D eigenvalue weighted by Crippen LogP contribution is 2.35. The number of rotatable bonds is 5. The third-order valence-corrected chi connectivity index (χ3v) is 7.70. The zero-order chi connectivity index (χ0) is 22.9. The zero-order valence-electron chi connectivity index (χ0n) is 19.2. The fraction of sp³-hybridized carbons (Fsp3) is 0.259. The van der Waals surface area contributed by atoms with Crippen molar-refractivity contribution in [1.82, 2.24) is 25.5 Å². The molecular weight excluding hydrogens is 426 g/mol. The number of piperidine rings is 1. The van der Waals surface area contributed by atoms with Gasteiger partial charge >= 0.3 is 0 Å². The molecule has 0 aliphatic carbocycles. The molecule has 5 rings (SSSR count). The fourth-order valence-electron chi connectivity index (χ4n) is 4.40. The molecular formula is C27H29N5S. The number of hydrogen-bond acceptors (Lipinski definition) is 4. The third kappa shape index (κ3) is 4.24. The van der Waals surface area contributed by atoms with Crippen LogP contribution in [0, 0.1) is 5.92 Å². The van der Waals surface area contributed by atoms with Gasteiger partial charge < -0.3 is 10.3 Å². The van der Waals surface area contributed by atoms with Gasteiger partial charge in [-0.3, -0.25) is 5.10 Å². The molecule has 1 fully saturated rings. The highest BCUT2D eigenvalue weighted by atomic mass is 32.1. The highest BCUT2D eigenvalue weighted by Gasteiger charge is 2.15. The first-order chi connectivity index (χ1) is 16.0. The second-order valence-electron chi connectivity index (χ2n) is 8.80. The van der Waals surface area contributed by atoms with Crippen molar-refractivity contribution < 1.29 is 0 Å². The van der Waals surface area contributed by atoms with Gasteiger partial charge in [-0.25, -0.2) is 4.98 Å². The topological polar surface area (TPSA) is 69.4 Å². The van der Waals surface area contributed by atoms with Crippen molar-refractivity contribution in [2.75, 3.05) is 13.1 Å². The van der Waals surface area contributed by atoms with E-state index in [1.165, 1.54) is 28.2 Å². The van der Waals surface area contributed by atoms with Crippen LogP contribution < -0.4 is 15.9 Å². The number of hydrogen-bond donors (Lipinski definition) is 3. The summed E-state index contributed by atoms with van der Waals surface area (Å²) in [5, 5.41) is 12.9. The van der Waals surface area contributed by atoms with E-state index in [1.54, 1.807) is 11.3 Å². The summed E-state index contributed by atoms with van der Waals surface area (Å²) in [5.41, 5.74) is 6.28. The Morgan fingerprint density at radius 3 is 2.73 bits per heavy atom. The van der Waals surface area contributed by atoms with Crippen LogP contribution in [0.15, 0.2) is 48.6 Å². The Hall–Kier alpha value is -3.22. The first-order valence-corrected chi connectivity index (χ1v) is 12.2. The maximum absolute atomic E-state index is 4.93. The van der Waals surface area contributed by atoms with Gasteiger partial charge in [0, 0.05) is 20.5 Å². The Labute approximate surface area is 197 Å². The van der Waals surface area contributed by atoms with Crippen LogP contribution in [0.1, 0.15) is 31.6 Å². The summed E-state index contributed by atoms with van der Waals surface area (Å²) >= 11 is 1.74. The average molecular weight is 456 g/mol. The standard InChI is InChI=1S/C27H29N5S/c1-16(2)23-10-11-24(33-23)20-6-5-7-22-26(20)30-27(29-22)25-18(4)21(31-32-25)9-8-17(3)19-12-14-28-15-13-19/h5-11,19,28,31H,1,4,12-15H2,2-3H3,(H,29,30)/b17-8+,21-9+. The van der Waals surface area contributed by atoms with Crippen molar-refractivity contribution >= 4 is 40.6 Å². The molecule has 1 aromatic carbocycles. The van der Waals surface area contributed by atoms with Crippen LogP contribution in [-0.2, 0) is 0 Å². The molecule has 1 saturated heterocycles. The van der Waals surface area contributed by atoms with E-state index in [4.69, 9.17) is 4.98 Å². The van der Waals surface area contributed by atoms with Gasteiger partial charge in [0.2, 0.25) is 0 Å². The van der Waals surface area contributed by atoms with Gasteiger partial charge in [0.05, 0.1) is 16.4 Å². The maximum atomic E-state index is 4.93. The number of para-hydroxylation sites is 1. The molecule has 4 heterocycles. The van der Waals surface area contributed by atoms with Crippen LogP contribution >= 0.6 is 11.3 Å². The minimum Gasteiger partial charge on any atom is -0.337 e. The van der Waals surface area contributed by atoms with E-state index >= 15 is 0 Å². The summed E-state index contributed by atoms with van der Waals surface area (Å²) in [6.07, 6.45) is 6.69. The van der Waals surface area contributed by atoms with Crippen LogP contribution in [0.2, 0.25) is 0 Å². The highest BCUT2D eigenvalue weighted by molar-refractivity contribution is 7.16. The predicted molar refractivity (Wildman–Crippen MR) is 140 cm³/mol. The number of allylic oxidation sites excluding steroid dienone is 3. The van der Waals surface area contributed by atoms with E-state index in [9.17, 15) is 0 Å². The van der Waals surface area contributed by atoms with Gasteiger partial charge in [0.1, 0.15) is 5.69 Å². The summed E-state index contributed by atoms with van der Waals surface area (Å²) in [4.78, 5) is 10.7. The molecule has 0 bridgehead atoms. The van der Waals surface area contributed by atoms with Crippen molar-refractivity contribution in [3.05, 3.63) is 64.0 Å². The Morgan fingerprint density at radius 1 is 1.15 bits per heavy atom. The van der Waals surface area contributed by atoms with E-state index in [-0.39, 0.29) is 0 Å². The Balaban J connectivity index is 1.49. The zero-order valence-corrected chi connectivity index (χ0v) is 20.0. The number of benzene rings is 1. The number of aromatic amines is 2. The summed E-state index contributed by atoms with van der Waals surface area (Å²) in [7, 11) is 0. The summed E-state index contributed by atoms with van der Waals surface area (Å²) in [6.45, 7) is 14.8. The summed E-state index contributed by atoms with van der Waals surface area (Å²) in [5.74, 6) is 1.38. The molecule has 1 aliphatic heterocycles. The van der Waals surface area contributed by atoms with E-state index in [1.807, 2.05) is 6.92 Å². The molecule has 4 aromatic rings. The number of imidazole rings is 1. The molecule has 0 amide bonds. The molecule has 33 heavy (non-hydrogen) atoms. The van der Waals surface area contributed by atoms with Crippen LogP contribution in [0.4, 0.5) is 0 Å². The van der Waals surface area contributed by atoms with Crippen LogP contribution in [0.5, 0.6) is 0 Å². The largest absolute Gasteiger partial charge is 0.337 e. The quantitative estimate of drug-likeness (QED) is 0.403. The second-order valence-corrected chi connectivity index (χ2v) is 9.88. The number of H-pyrrole nitrogens is 2. The minimum absolute atomic E-state index is 0.648. The molecule has 0 unspecified atom stereocenters. The molecule has 5 nitrogen and oxygen atoms in total. The Morgan fingerprint density at radius 2 is 1.97 bits per heavy atom. The van der Waals surface area contributed by atoms with Gasteiger partial charge in [-0.2, -0.15) is 5.10 Å². The minimum atomic E-state index is 0.648. The molecule has 0 atom stereocenters. The molecule has 168 valence electrons. The van der Waals surface area contributed by atoms with E-state index in [0.29, 0.717) is 5.92 Å². The van der Waals surface area contributed by atoms with Gasteiger partial charge in [-0.1, -0.05) is 36.9 Å². The first kappa shape index (κ1) is 21.6. The van der Waals surface area contributed by atoms with Gasteiger partial charge in [-0.15, -0.1) is 11.3 Å². The van der Waals surface area contributed by atoms with E-state index in [0.717, 1.165) is 57.3 Å². The third-order valence-electron chi connectivity index (χ3n) is 6.42. The number of fused-ring (bicyclic) bond motifs is 1. The monoisotopic (exact) mass is 455 g/mol. The van der Waals surface area contributed by atoms with Gasteiger partial charge in [0.15, 0.2) is 5.82 Å². The normalized spacial score (nSPS) is 16.1. The van der Waals surface area contributed by atoms with E-state index in [2.05, 4.69) is 83.1 Å². The molecule has 0 spiro atoms. The maximum Gasteiger partial charge on any atom is 0.159 e. The lowest BCUT2D eigenvalue weighted by Gasteiger charge is -2.23. The van der Waals surface area contributed by atoms with Crippen molar-refractivity contribution in [2.24, 2.45) is 5.92 Å². The number of nitrogens with zero attached hydrogens (tertiary/aromatic N) is 2. The van der Waals surface area contributed by atoms with Crippen molar-refractivity contribution in [1.29, 1.82) is 0 Å². The van der Waals surface area contributed by atoms with Crippen LogP contribution in [0.3, 0.4) is 0 Å². The Kier molecular flexibility index (Phi) is 5.87. The molecule has 6 heteroatoms. The van der Waals surface area contributed by atoms with Crippen molar-refractivity contribution in [3.63, 3.8) is 0 Å². The Bertz CT molecular complexity index is 1460. The molecule has 3 aromatic heterocycles. The summed E-state index contributed by atoms with van der Waals surface area (Å²) in [6, 6.07) is 10.5. The molecule has 0 radical (unpaired) electrons. The van der Waals surface area contributed by atoms with Crippen LogP contribution in [0.25, 0.3) is 51.2 Å². The fourth-order valence-corrected chi connectivity index (χ4v) is 5.35. The SMILES string of the molecule is C=C(C)c1ccc(-c2cccc3[nH]c(-c4n[nH]/c(=C/C=C(\C)C5CCNCC5)c4=C)nc23)s1. The van der Waals surface area contributed by atoms with Gasteiger partial charge in [0.25, 0.3) is 0 Å². The number of thiophene rings is 1. The van der Waals surface area contributed by atoms with Gasteiger partial charge in [-0.05, 0) is 75.5 Å². The molecule has 3 N–H and O–H groups in total. The first-order valence-electron chi connectivity index (χ1n) is 11.4. The average Bonchev–Trinajstić information content (AvgIpc) is 3.56. The van der Waals surface area contributed by atoms with Crippen molar-refractivity contribution in [3.8, 4) is 22.0 Å².